The number of carbonyl (C=O) groups is 1. The van der Waals surface area contributed by atoms with Gasteiger partial charge in [-0.3, -0.25) is 4.79 Å². The van der Waals surface area contributed by atoms with Gasteiger partial charge in [0.2, 0.25) is 5.88 Å². The molecule has 0 fully saturated rings. The minimum absolute atomic E-state index is 0.154. The van der Waals surface area contributed by atoms with Gasteiger partial charge in [-0.2, -0.15) is 13.2 Å². The van der Waals surface area contributed by atoms with E-state index in [9.17, 15) is 26.4 Å². The van der Waals surface area contributed by atoms with E-state index in [1.807, 2.05) is 0 Å². The van der Waals surface area contributed by atoms with E-state index in [4.69, 9.17) is 0 Å². The number of nitrogens with one attached hydrogen (secondary N) is 1. The topological polar surface area (TPSA) is 101 Å². The van der Waals surface area contributed by atoms with Crippen molar-refractivity contribution in [3.63, 3.8) is 0 Å². The van der Waals surface area contributed by atoms with Gasteiger partial charge in [0.05, 0.1) is 23.2 Å². The number of alkyl halides is 3. The monoisotopic (exact) mass is 402 g/mol. The molecule has 1 N–H and O–H groups in total. The molecule has 2 aliphatic rings. The Kier molecular flexibility index (Phi) is 4.91. The highest BCUT2D eigenvalue weighted by molar-refractivity contribution is 7.90. The smallest absolute Gasteiger partial charge is 0.422 e. The average Bonchev–Trinajstić information content (AvgIpc) is 2.59. The second-order valence-corrected chi connectivity index (χ2v) is 7.34. The van der Waals surface area contributed by atoms with Gasteiger partial charge in [0.1, 0.15) is 5.84 Å². The summed E-state index contributed by atoms with van der Waals surface area (Å²) in [5.41, 5.74) is 0.514. The van der Waals surface area contributed by atoms with Crippen molar-refractivity contribution in [3.8, 4) is 5.88 Å². The number of carbonyl (C=O) groups excluding carboxylic acids is 1. The minimum atomic E-state index is -4.47. The molecule has 0 radical (unpaired) electrons. The first-order valence-electron chi connectivity index (χ1n) is 7.57. The number of fused-ring (bicyclic) bond motifs is 1. The average molecular weight is 402 g/mol. The number of nitrogens with zero attached hydrogens (tertiary/aromatic N) is 3. The third kappa shape index (κ3) is 5.06. The van der Waals surface area contributed by atoms with E-state index in [-0.39, 0.29) is 35.3 Å². The van der Waals surface area contributed by atoms with E-state index in [1.54, 1.807) is 4.90 Å². The first kappa shape index (κ1) is 18.9. The summed E-state index contributed by atoms with van der Waals surface area (Å²) < 4.78 is 67.3. The third-order valence-electron chi connectivity index (χ3n) is 3.46. The molecule has 0 atom stereocenters. The number of hydrogen-bond acceptors (Lipinski definition) is 6. The number of sulfonamides is 1. The van der Waals surface area contributed by atoms with Crippen molar-refractivity contribution in [2.24, 2.45) is 4.40 Å². The molecule has 27 heavy (non-hydrogen) atoms. The predicted octanol–water partition coefficient (Wildman–Crippen LogP) is 1.46. The second kappa shape index (κ2) is 7.02. The number of amidine groups is 1. The molecule has 0 bridgehead atoms. The van der Waals surface area contributed by atoms with Gasteiger partial charge in [-0.15, -0.1) is 4.40 Å². The van der Waals surface area contributed by atoms with Crippen LogP contribution in [-0.2, 0) is 14.8 Å². The number of amides is 1. The summed E-state index contributed by atoms with van der Waals surface area (Å²) in [4.78, 5) is 17.5. The van der Waals surface area contributed by atoms with Gasteiger partial charge in [0, 0.05) is 18.8 Å². The number of rotatable bonds is 4. The van der Waals surface area contributed by atoms with Crippen LogP contribution in [0.4, 0.5) is 18.9 Å². The minimum Gasteiger partial charge on any atom is -0.468 e. The summed E-state index contributed by atoms with van der Waals surface area (Å²) in [6.45, 7) is -1.28. The Morgan fingerprint density at radius 3 is 2.74 bits per heavy atom. The normalized spacial score (nSPS) is 18.3. The van der Waals surface area contributed by atoms with Crippen LogP contribution in [0.1, 0.15) is 0 Å². The number of pyridine rings is 1. The van der Waals surface area contributed by atoms with E-state index in [0.717, 1.165) is 6.20 Å². The van der Waals surface area contributed by atoms with Crippen molar-refractivity contribution in [3.05, 3.63) is 42.3 Å². The quantitative estimate of drug-likeness (QED) is 0.818. The van der Waals surface area contributed by atoms with Crippen molar-refractivity contribution >= 4 is 27.5 Å². The van der Waals surface area contributed by atoms with Crippen LogP contribution < -0.4 is 10.1 Å². The Bertz CT molecular complexity index is 937. The van der Waals surface area contributed by atoms with E-state index in [1.165, 1.54) is 30.5 Å². The fourth-order valence-electron chi connectivity index (χ4n) is 2.23. The highest BCUT2D eigenvalue weighted by Gasteiger charge is 2.28. The van der Waals surface area contributed by atoms with Crippen LogP contribution in [0.15, 0.2) is 46.7 Å². The fraction of sp³-hybridized carbons (Fsp3) is 0.267. The maximum absolute atomic E-state index is 12.3. The summed E-state index contributed by atoms with van der Waals surface area (Å²) in [6, 6.07) is 2.55. The molecule has 1 aromatic heterocycles. The fourth-order valence-corrected chi connectivity index (χ4v) is 3.20. The lowest BCUT2D eigenvalue weighted by atomic mass is 10.1. The molecule has 3 heterocycles. The Morgan fingerprint density at radius 2 is 2.07 bits per heavy atom. The van der Waals surface area contributed by atoms with Crippen LogP contribution in [0.25, 0.3) is 0 Å². The molecule has 0 unspecified atom stereocenters. The highest BCUT2D eigenvalue weighted by Crippen LogP contribution is 2.20. The van der Waals surface area contributed by atoms with Crippen molar-refractivity contribution in [2.75, 3.05) is 24.2 Å². The van der Waals surface area contributed by atoms with Crippen molar-refractivity contribution in [1.29, 1.82) is 0 Å². The SMILES string of the molecule is O=C(Nc1ccc(OCC(F)(F)F)nc1)C1=CN2CCS(=O)(=O)N=C2C=C1. The highest BCUT2D eigenvalue weighted by atomic mass is 32.2. The summed E-state index contributed by atoms with van der Waals surface area (Å²) in [6.07, 6.45) is 0.996. The largest absolute Gasteiger partial charge is 0.468 e. The third-order valence-corrected chi connectivity index (χ3v) is 4.63. The first-order valence-corrected chi connectivity index (χ1v) is 9.18. The van der Waals surface area contributed by atoms with E-state index in [2.05, 4.69) is 19.4 Å². The Hall–Kier alpha value is -2.89. The van der Waals surface area contributed by atoms with Gasteiger partial charge in [-0.1, -0.05) is 0 Å². The van der Waals surface area contributed by atoms with Crippen LogP contribution >= 0.6 is 0 Å². The van der Waals surface area contributed by atoms with Gasteiger partial charge in [0.15, 0.2) is 6.61 Å². The number of ether oxygens (including phenoxy) is 1. The number of halogens is 3. The van der Waals surface area contributed by atoms with Gasteiger partial charge < -0.3 is 15.0 Å². The molecule has 12 heteroatoms. The Morgan fingerprint density at radius 1 is 1.30 bits per heavy atom. The maximum Gasteiger partial charge on any atom is 0.422 e. The molecule has 0 spiro atoms. The van der Waals surface area contributed by atoms with Crippen molar-refractivity contribution in [1.82, 2.24) is 9.88 Å². The molecular formula is C15H13F3N4O4S. The van der Waals surface area contributed by atoms with Gasteiger partial charge in [-0.05, 0) is 18.2 Å². The van der Waals surface area contributed by atoms with Crippen LogP contribution in [-0.4, -0.2) is 55.1 Å². The van der Waals surface area contributed by atoms with Crippen LogP contribution in [0, 0.1) is 0 Å². The number of hydrogen-bond donors (Lipinski definition) is 1. The molecule has 1 amide bonds. The zero-order chi connectivity index (χ0) is 19.7. The lowest BCUT2D eigenvalue weighted by Crippen LogP contribution is -2.37. The van der Waals surface area contributed by atoms with Crippen LogP contribution in [0.5, 0.6) is 5.88 Å². The Labute approximate surface area is 152 Å². The van der Waals surface area contributed by atoms with E-state index < -0.39 is 28.7 Å². The standard InChI is InChI=1S/C15H13F3N4O4S/c16-15(17,18)9-26-13-4-2-11(7-19-13)20-14(23)10-1-3-12-21-27(24,25)6-5-22(12)8-10/h1-4,7-8H,5-6,9H2,(H,20,23). The predicted molar refractivity (Wildman–Crippen MR) is 89.6 cm³/mol. The molecular weight excluding hydrogens is 389 g/mol. The molecule has 2 aliphatic heterocycles. The molecule has 3 rings (SSSR count). The molecule has 1 aromatic rings. The molecule has 0 aliphatic carbocycles. The second-order valence-electron chi connectivity index (χ2n) is 5.59. The van der Waals surface area contributed by atoms with Crippen molar-refractivity contribution < 1.29 is 31.1 Å². The summed E-state index contributed by atoms with van der Waals surface area (Å²) in [5.74, 6) is -0.647. The lowest BCUT2D eigenvalue weighted by Gasteiger charge is -2.26. The van der Waals surface area contributed by atoms with Crippen LogP contribution in [0.3, 0.4) is 0 Å². The Balaban J connectivity index is 1.63. The summed E-state index contributed by atoms with van der Waals surface area (Å²) in [5, 5.41) is 2.54. The van der Waals surface area contributed by atoms with Gasteiger partial charge in [-0.25, -0.2) is 13.4 Å². The lowest BCUT2D eigenvalue weighted by molar-refractivity contribution is -0.154. The summed E-state index contributed by atoms with van der Waals surface area (Å²) in [7, 11) is -3.48. The van der Waals surface area contributed by atoms with Crippen molar-refractivity contribution in [2.45, 2.75) is 6.18 Å². The van der Waals surface area contributed by atoms with E-state index in [0.29, 0.717) is 0 Å². The first-order chi connectivity index (χ1) is 12.6. The molecule has 0 aromatic carbocycles. The van der Waals surface area contributed by atoms with E-state index >= 15 is 0 Å². The molecule has 0 saturated carbocycles. The molecule has 0 saturated heterocycles. The van der Waals surface area contributed by atoms with Gasteiger partial charge in [0.25, 0.3) is 15.9 Å². The zero-order valence-electron chi connectivity index (χ0n) is 13.6. The zero-order valence-corrected chi connectivity index (χ0v) is 14.4. The van der Waals surface area contributed by atoms with Gasteiger partial charge >= 0.3 is 6.18 Å². The maximum atomic E-state index is 12.3. The number of anilines is 1. The number of aromatic nitrogens is 1. The molecule has 144 valence electrons. The summed E-state index contributed by atoms with van der Waals surface area (Å²) >= 11 is 0. The molecule has 8 nitrogen and oxygen atoms in total. The van der Waals surface area contributed by atoms with Crippen LogP contribution in [0.2, 0.25) is 0 Å².